The first-order valence-electron chi connectivity index (χ1n) is 7.26. The number of nitrogens with zero attached hydrogens (tertiary/aromatic N) is 1. The molecule has 1 heterocycles. The SMILES string of the molecule is CCN(Cc1ccccc1)C(=O)C1CC(C)CCN1. The summed E-state index contributed by atoms with van der Waals surface area (Å²) in [5, 5.41) is 3.36. The number of hydrogen-bond acceptors (Lipinski definition) is 2. The highest BCUT2D eigenvalue weighted by Gasteiger charge is 2.27. The minimum absolute atomic E-state index is 0.00686. The molecule has 2 atom stereocenters. The van der Waals surface area contributed by atoms with E-state index in [9.17, 15) is 4.79 Å². The van der Waals surface area contributed by atoms with Crippen LogP contribution in [0.4, 0.5) is 0 Å². The van der Waals surface area contributed by atoms with E-state index in [-0.39, 0.29) is 11.9 Å². The lowest BCUT2D eigenvalue weighted by molar-refractivity contribution is -0.134. The van der Waals surface area contributed by atoms with Crippen molar-refractivity contribution in [1.29, 1.82) is 0 Å². The lowest BCUT2D eigenvalue weighted by Crippen LogP contribution is -2.49. The van der Waals surface area contributed by atoms with Gasteiger partial charge in [0.1, 0.15) is 0 Å². The smallest absolute Gasteiger partial charge is 0.240 e. The zero-order chi connectivity index (χ0) is 13.7. The van der Waals surface area contributed by atoms with Gasteiger partial charge in [0.2, 0.25) is 5.91 Å². The zero-order valence-electron chi connectivity index (χ0n) is 11.9. The van der Waals surface area contributed by atoms with Crippen LogP contribution in [0.3, 0.4) is 0 Å². The molecule has 1 saturated heterocycles. The second kappa shape index (κ2) is 6.71. The van der Waals surface area contributed by atoms with Gasteiger partial charge in [0.25, 0.3) is 0 Å². The van der Waals surface area contributed by atoms with Crippen LogP contribution in [0.15, 0.2) is 30.3 Å². The second-order valence-electron chi connectivity index (χ2n) is 5.47. The Labute approximate surface area is 116 Å². The maximum Gasteiger partial charge on any atom is 0.240 e. The van der Waals surface area contributed by atoms with E-state index in [1.165, 1.54) is 12.0 Å². The van der Waals surface area contributed by atoms with Crippen LogP contribution < -0.4 is 5.32 Å². The van der Waals surface area contributed by atoms with Crippen molar-refractivity contribution in [1.82, 2.24) is 10.2 Å². The third-order valence-corrected chi connectivity index (χ3v) is 3.87. The maximum atomic E-state index is 12.5. The predicted molar refractivity (Wildman–Crippen MR) is 77.7 cm³/mol. The monoisotopic (exact) mass is 260 g/mol. The normalized spacial score (nSPS) is 23.1. The van der Waals surface area contributed by atoms with Crippen molar-refractivity contribution in [3.05, 3.63) is 35.9 Å². The van der Waals surface area contributed by atoms with Gasteiger partial charge in [0.15, 0.2) is 0 Å². The molecule has 104 valence electrons. The van der Waals surface area contributed by atoms with E-state index in [2.05, 4.69) is 24.4 Å². The number of hydrogen-bond donors (Lipinski definition) is 1. The topological polar surface area (TPSA) is 32.3 Å². The molecular formula is C16H24N2O. The Hall–Kier alpha value is -1.35. The first-order chi connectivity index (χ1) is 9.20. The van der Waals surface area contributed by atoms with Gasteiger partial charge in [-0.15, -0.1) is 0 Å². The zero-order valence-corrected chi connectivity index (χ0v) is 11.9. The standard InChI is InChI=1S/C16H24N2O/c1-3-18(12-14-7-5-4-6-8-14)16(19)15-11-13(2)9-10-17-15/h4-8,13,15,17H,3,9-12H2,1-2H3. The average Bonchev–Trinajstić information content (AvgIpc) is 2.45. The van der Waals surface area contributed by atoms with Gasteiger partial charge in [-0.3, -0.25) is 4.79 Å². The summed E-state index contributed by atoms with van der Waals surface area (Å²) in [6, 6.07) is 10.2. The molecule has 3 nitrogen and oxygen atoms in total. The molecule has 1 aromatic carbocycles. The van der Waals surface area contributed by atoms with Crippen LogP contribution in [0.2, 0.25) is 0 Å². The Balaban J connectivity index is 1.98. The number of amides is 1. The van der Waals surface area contributed by atoms with Gasteiger partial charge in [0, 0.05) is 13.1 Å². The lowest BCUT2D eigenvalue weighted by Gasteiger charge is -2.32. The van der Waals surface area contributed by atoms with Gasteiger partial charge < -0.3 is 10.2 Å². The van der Waals surface area contributed by atoms with Gasteiger partial charge in [0.05, 0.1) is 6.04 Å². The Morgan fingerprint density at radius 2 is 2.11 bits per heavy atom. The Kier molecular flexibility index (Phi) is 4.97. The molecule has 1 fully saturated rings. The van der Waals surface area contributed by atoms with E-state index in [1.54, 1.807) is 0 Å². The summed E-state index contributed by atoms with van der Waals surface area (Å²) in [4.78, 5) is 14.5. The van der Waals surface area contributed by atoms with Crippen molar-refractivity contribution >= 4 is 5.91 Å². The third kappa shape index (κ3) is 3.80. The molecule has 1 aliphatic rings. The quantitative estimate of drug-likeness (QED) is 0.901. The maximum absolute atomic E-state index is 12.5. The number of rotatable bonds is 4. The van der Waals surface area contributed by atoms with Gasteiger partial charge >= 0.3 is 0 Å². The molecule has 0 aromatic heterocycles. The number of likely N-dealkylation sites (N-methyl/N-ethyl adjacent to an activating group) is 1. The molecule has 3 heteroatoms. The van der Waals surface area contributed by atoms with Gasteiger partial charge in [-0.1, -0.05) is 37.3 Å². The molecule has 1 aliphatic heterocycles. The van der Waals surface area contributed by atoms with Crippen molar-refractivity contribution in [2.75, 3.05) is 13.1 Å². The number of benzene rings is 1. The molecule has 2 unspecified atom stereocenters. The highest BCUT2D eigenvalue weighted by molar-refractivity contribution is 5.82. The van der Waals surface area contributed by atoms with Gasteiger partial charge in [-0.05, 0) is 37.8 Å². The molecule has 0 aliphatic carbocycles. The van der Waals surface area contributed by atoms with E-state index < -0.39 is 0 Å². The molecule has 19 heavy (non-hydrogen) atoms. The Morgan fingerprint density at radius 1 is 1.37 bits per heavy atom. The minimum atomic E-state index is 0.00686. The summed E-state index contributed by atoms with van der Waals surface area (Å²) < 4.78 is 0. The van der Waals surface area contributed by atoms with Crippen molar-refractivity contribution in [3.63, 3.8) is 0 Å². The summed E-state index contributed by atoms with van der Waals surface area (Å²) in [5.74, 6) is 0.892. The minimum Gasteiger partial charge on any atom is -0.337 e. The summed E-state index contributed by atoms with van der Waals surface area (Å²) >= 11 is 0. The molecule has 2 rings (SSSR count). The summed E-state index contributed by atoms with van der Waals surface area (Å²) in [6.07, 6.45) is 2.14. The van der Waals surface area contributed by atoms with Crippen molar-refractivity contribution in [2.24, 2.45) is 5.92 Å². The first kappa shape index (κ1) is 14.1. The van der Waals surface area contributed by atoms with Crippen molar-refractivity contribution in [3.8, 4) is 0 Å². The first-order valence-corrected chi connectivity index (χ1v) is 7.26. The number of carbonyl (C=O) groups is 1. The van der Waals surface area contributed by atoms with E-state index >= 15 is 0 Å². The molecule has 0 bridgehead atoms. The number of piperidine rings is 1. The largest absolute Gasteiger partial charge is 0.337 e. The molecule has 1 amide bonds. The molecule has 0 radical (unpaired) electrons. The van der Waals surface area contributed by atoms with Crippen LogP contribution in [0.25, 0.3) is 0 Å². The predicted octanol–water partition coefficient (Wildman–Crippen LogP) is 2.42. The van der Waals surface area contributed by atoms with Crippen LogP contribution in [0.5, 0.6) is 0 Å². The van der Waals surface area contributed by atoms with Crippen LogP contribution in [0.1, 0.15) is 32.3 Å². The van der Waals surface area contributed by atoms with Crippen LogP contribution in [0, 0.1) is 5.92 Å². The van der Waals surface area contributed by atoms with E-state index in [0.717, 1.165) is 19.5 Å². The Bertz CT molecular complexity index is 404. The van der Waals surface area contributed by atoms with Crippen molar-refractivity contribution < 1.29 is 4.79 Å². The van der Waals surface area contributed by atoms with Crippen LogP contribution in [-0.4, -0.2) is 29.9 Å². The highest BCUT2D eigenvalue weighted by atomic mass is 16.2. The molecule has 0 saturated carbocycles. The highest BCUT2D eigenvalue weighted by Crippen LogP contribution is 2.17. The second-order valence-corrected chi connectivity index (χ2v) is 5.47. The van der Waals surface area contributed by atoms with E-state index in [0.29, 0.717) is 12.5 Å². The summed E-state index contributed by atoms with van der Waals surface area (Å²) in [7, 11) is 0. The third-order valence-electron chi connectivity index (χ3n) is 3.87. The van der Waals surface area contributed by atoms with E-state index in [4.69, 9.17) is 0 Å². The molecule has 0 spiro atoms. The lowest BCUT2D eigenvalue weighted by atomic mass is 9.93. The van der Waals surface area contributed by atoms with Crippen LogP contribution in [-0.2, 0) is 11.3 Å². The van der Waals surface area contributed by atoms with Gasteiger partial charge in [-0.2, -0.15) is 0 Å². The van der Waals surface area contributed by atoms with E-state index in [1.807, 2.05) is 30.0 Å². The fourth-order valence-electron chi connectivity index (χ4n) is 2.67. The summed E-state index contributed by atoms with van der Waals surface area (Å²) in [6.45, 7) is 6.71. The molecule has 1 aromatic rings. The number of carbonyl (C=O) groups excluding carboxylic acids is 1. The Morgan fingerprint density at radius 3 is 2.74 bits per heavy atom. The van der Waals surface area contributed by atoms with Crippen molar-refractivity contribution in [2.45, 2.75) is 39.3 Å². The van der Waals surface area contributed by atoms with Crippen LogP contribution >= 0.6 is 0 Å². The fraction of sp³-hybridized carbons (Fsp3) is 0.562. The van der Waals surface area contributed by atoms with Gasteiger partial charge in [-0.25, -0.2) is 0 Å². The summed E-state index contributed by atoms with van der Waals surface area (Å²) in [5.41, 5.74) is 1.20. The molecular weight excluding hydrogens is 236 g/mol. The molecule has 1 N–H and O–H groups in total. The fourth-order valence-corrected chi connectivity index (χ4v) is 2.67. The number of nitrogens with one attached hydrogen (secondary N) is 1. The average molecular weight is 260 g/mol.